The molecule has 3 amide bonds. The van der Waals surface area contributed by atoms with Crippen LogP contribution in [0.3, 0.4) is 0 Å². The van der Waals surface area contributed by atoms with Crippen LogP contribution in [-0.2, 0) is 30.3 Å². The van der Waals surface area contributed by atoms with Gasteiger partial charge < -0.3 is 35.2 Å². The summed E-state index contributed by atoms with van der Waals surface area (Å²) in [5.74, 6) is 2.09. The van der Waals surface area contributed by atoms with Crippen LogP contribution in [0.4, 0.5) is 11.5 Å². The minimum Gasteiger partial charge on any atom is -0.396 e. The number of nitrogens with two attached hydrogens (primary N) is 1. The first-order valence-corrected chi connectivity index (χ1v) is 18.7. The number of anilines is 2. The molecule has 0 spiro atoms. The number of benzene rings is 1. The van der Waals surface area contributed by atoms with Crippen LogP contribution in [0, 0.1) is 24.7 Å². The molecule has 0 unspecified atom stereocenters. The highest BCUT2D eigenvalue weighted by Gasteiger charge is 2.29. The number of aliphatic hydroxyl groups is 2. The molecule has 0 saturated carbocycles. The van der Waals surface area contributed by atoms with Gasteiger partial charge in [0, 0.05) is 74.4 Å². The second kappa shape index (κ2) is 23.6. The topological polar surface area (TPSA) is 162 Å². The van der Waals surface area contributed by atoms with Gasteiger partial charge in [0.25, 0.3) is 11.8 Å². The van der Waals surface area contributed by atoms with Gasteiger partial charge in [-0.3, -0.25) is 24.2 Å². The Hall–Kier alpha value is -4.06. The smallest absolute Gasteiger partial charge is 0.253 e. The van der Waals surface area contributed by atoms with E-state index in [1.54, 1.807) is 6.92 Å². The van der Waals surface area contributed by atoms with Gasteiger partial charge in [-0.15, -0.1) is 12.3 Å². The number of amides is 3. The fraction of sp³-hybridized carbons (Fsp3) is 0.600. The molecular weight excluding hydrogens is 676 g/mol. The number of terminal acetylenes is 1. The minimum absolute atomic E-state index is 0.0518. The van der Waals surface area contributed by atoms with Gasteiger partial charge in [-0.05, 0) is 51.8 Å². The van der Waals surface area contributed by atoms with Crippen molar-refractivity contribution in [1.82, 2.24) is 19.7 Å². The molecule has 0 aliphatic carbocycles. The van der Waals surface area contributed by atoms with Crippen molar-refractivity contribution in [3.63, 3.8) is 0 Å². The van der Waals surface area contributed by atoms with Crippen molar-refractivity contribution in [2.75, 3.05) is 103 Å². The van der Waals surface area contributed by atoms with Crippen LogP contribution in [0.1, 0.15) is 58.6 Å². The van der Waals surface area contributed by atoms with E-state index in [4.69, 9.17) is 20.2 Å². The zero-order chi connectivity index (χ0) is 39.4. The number of ether oxygens (including phenoxy) is 2. The van der Waals surface area contributed by atoms with Gasteiger partial charge in [0.15, 0.2) is 0 Å². The molecule has 13 nitrogen and oxygen atoms in total. The SMILES string of the molecule is C#CC.CC.CCOCCN(CC(C)(CO)CO)c1c(C)c(N)nc2cc(CCCN3CCN(C(=O)CCOCCN4C(=O)C=CC4=O)CC3)ccc12. The molecule has 2 aromatic rings. The number of carbonyl (C=O) groups excluding carboxylic acids is 3. The summed E-state index contributed by atoms with van der Waals surface area (Å²) in [6, 6.07) is 6.33. The molecule has 4 N–H and O–H groups in total. The van der Waals surface area contributed by atoms with Crippen LogP contribution in [0.5, 0.6) is 0 Å². The number of aliphatic hydroxyl groups excluding tert-OH is 2. The van der Waals surface area contributed by atoms with Crippen molar-refractivity contribution in [3.8, 4) is 12.3 Å². The molecule has 1 saturated heterocycles. The number of aryl methyl sites for hydroxylation is 1. The Morgan fingerprint density at radius 3 is 2.28 bits per heavy atom. The van der Waals surface area contributed by atoms with Gasteiger partial charge in [0.1, 0.15) is 5.82 Å². The van der Waals surface area contributed by atoms with Crippen molar-refractivity contribution >= 4 is 40.1 Å². The molecule has 1 fully saturated rings. The van der Waals surface area contributed by atoms with E-state index >= 15 is 0 Å². The lowest BCUT2D eigenvalue weighted by Crippen LogP contribution is -2.49. The maximum absolute atomic E-state index is 12.7. The van der Waals surface area contributed by atoms with Gasteiger partial charge in [-0.1, -0.05) is 32.9 Å². The van der Waals surface area contributed by atoms with Crippen molar-refractivity contribution < 1.29 is 34.1 Å². The summed E-state index contributed by atoms with van der Waals surface area (Å²) < 4.78 is 11.2. The number of fused-ring (bicyclic) bond motifs is 1. The second-order valence-corrected chi connectivity index (χ2v) is 13.2. The van der Waals surface area contributed by atoms with E-state index < -0.39 is 5.41 Å². The van der Waals surface area contributed by atoms with Crippen molar-refractivity contribution in [2.45, 2.75) is 60.8 Å². The maximum Gasteiger partial charge on any atom is 0.253 e. The first-order chi connectivity index (χ1) is 25.5. The number of aromatic nitrogens is 1. The molecule has 2 aliphatic heterocycles. The summed E-state index contributed by atoms with van der Waals surface area (Å²) in [6.07, 6.45) is 9.20. The molecule has 1 aromatic carbocycles. The summed E-state index contributed by atoms with van der Waals surface area (Å²) in [6.45, 7) is 17.8. The number of pyridine rings is 1. The van der Waals surface area contributed by atoms with Crippen molar-refractivity contribution in [2.24, 2.45) is 5.41 Å². The number of carbonyl (C=O) groups is 3. The van der Waals surface area contributed by atoms with E-state index in [2.05, 4.69) is 40.3 Å². The van der Waals surface area contributed by atoms with E-state index in [1.807, 2.05) is 39.5 Å². The highest BCUT2D eigenvalue weighted by molar-refractivity contribution is 6.12. The van der Waals surface area contributed by atoms with Crippen LogP contribution in [-0.4, -0.2) is 140 Å². The van der Waals surface area contributed by atoms with Gasteiger partial charge >= 0.3 is 0 Å². The van der Waals surface area contributed by atoms with Crippen molar-refractivity contribution in [1.29, 1.82) is 0 Å². The third kappa shape index (κ3) is 13.7. The Kier molecular flexibility index (Phi) is 20.1. The summed E-state index contributed by atoms with van der Waals surface area (Å²) in [5.41, 5.74) is 9.52. The Morgan fingerprint density at radius 2 is 1.68 bits per heavy atom. The second-order valence-electron chi connectivity index (χ2n) is 13.2. The maximum atomic E-state index is 12.7. The molecule has 4 rings (SSSR count). The first kappa shape index (κ1) is 45.1. The van der Waals surface area contributed by atoms with Gasteiger partial charge in [0.05, 0.1) is 57.2 Å². The van der Waals surface area contributed by atoms with Gasteiger partial charge in [-0.2, -0.15) is 0 Å². The standard InChI is InChI=1S/C35H52N6O7.C3H4.C2H6/c1-4-47-20-17-40(23-35(3,24-42)25-43)33-26(2)34(36)37-29-22-27(7-8-28(29)33)6-5-12-38-13-15-39(16-14-38)30(44)11-19-48-21-18-41-31(45)9-10-32(41)46;1-3-2;1-2/h7-10,22,42-43H,4-6,11-21,23-25H2,1-3H3,(H2,36,37);1H,2H3;1-2H3. The predicted octanol–water partition coefficient (Wildman–Crippen LogP) is 3.03. The number of imide groups is 1. The third-order valence-electron chi connectivity index (χ3n) is 9.14. The van der Waals surface area contributed by atoms with E-state index in [0.29, 0.717) is 45.2 Å². The van der Waals surface area contributed by atoms with Crippen LogP contribution < -0.4 is 10.6 Å². The summed E-state index contributed by atoms with van der Waals surface area (Å²) in [7, 11) is 0. The zero-order valence-electron chi connectivity index (χ0n) is 32.7. The van der Waals surface area contributed by atoms with E-state index in [9.17, 15) is 24.6 Å². The number of rotatable bonds is 19. The van der Waals surface area contributed by atoms with Crippen LogP contribution in [0.25, 0.3) is 10.9 Å². The van der Waals surface area contributed by atoms with Gasteiger partial charge in [-0.25, -0.2) is 4.98 Å². The number of hydrogen-bond donors (Lipinski definition) is 3. The monoisotopic (exact) mass is 738 g/mol. The average molecular weight is 739 g/mol. The van der Waals surface area contributed by atoms with E-state index in [1.165, 1.54) is 17.7 Å². The lowest BCUT2D eigenvalue weighted by molar-refractivity contribution is -0.139. The Balaban J connectivity index is 0.00000185. The lowest BCUT2D eigenvalue weighted by Gasteiger charge is -2.36. The molecule has 0 radical (unpaired) electrons. The molecule has 0 atom stereocenters. The fourth-order valence-corrected chi connectivity index (χ4v) is 6.12. The summed E-state index contributed by atoms with van der Waals surface area (Å²) >= 11 is 0. The third-order valence-corrected chi connectivity index (χ3v) is 9.14. The number of nitrogens with zero attached hydrogens (tertiary/aromatic N) is 5. The molecule has 2 aliphatic rings. The minimum atomic E-state index is -0.700. The number of nitrogen functional groups attached to an aromatic ring is 1. The van der Waals surface area contributed by atoms with Gasteiger partial charge in [0.2, 0.25) is 5.91 Å². The lowest BCUT2D eigenvalue weighted by atomic mass is 9.91. The summed E-state index contributed by atoms with van der Waals surface area (Å²) in [5, 5.41) is 21.0. The highest BCUT2D eigenvalue weighted by atomic mass is 16.5. The van der Waals surface area contributed by atoms with E-state index in [0.717, 1.165) is 59.5 Å². The zero-order valence-corrected chi connectivity index (χ0v) is 32.7. The van der Waals surface area contributed by atoms with E-state index in [-0.39, 0.29) is 57.1 Å². The summed E-state index contributed by atoms with van der Waals surface area (Å²) in [4.78, 5) is 48.1. The Bertz CT molecular complexity index is 1510. The molecule has 3 heterocycles. The molecule has 294 valence electrons. The number of hydrogen-bond acceptors (Lipinski definition) is 11. The fourth-order valence-electron chi connectivity index (χ4n) is 6.12. The molecule has 53 heavy (non-hydrogen) atoms. The average Bonchev–Trinajstić information content (AvgIpc) is 3.48. The molecule has 13 heteroatoms. The van der Waals surface area contributed by atoms with Crippen molar-refractivity contribution in [3.05, 3.63) is 41.5 Å². The van der Waals surface area contributed by atoms with Crippen LogP contribution in [0.2, 0.25) is 0 Å². The first-order valence-electron chi connectivity index (χ1n) is 18.7. The van der Waals surface area contributed by atoms with Crippen LogP contribution in [0.15, 0.2) is 30.4 Å². The largest absolute Gasteiger partial charge is 0.396 e. The normalized spacial score (nSPS) is 14.5. The Morgan fingerprint density at radius 1 is 1.04 bits per heavy atom. The molecular formula is C40H62N6O7. The quantitative estimate of drug-likeness (QED) is 0.110. The highest BCUT2D eigenvalue weighted by Crippen LogP contribution is 2.35. The van der Waals surface area contributed by atoms with Crippen LogP contribution >= 0.6 is 0 Å². The Labute approximate surface area is 316 Å². The molecule has 1 aromatic heterocycles. The number of piperazine rings is 1. The molecule has 0 bridgehead atoms. The predicted molar refractivity (Wildman–Crippen MR) is 210 cm³/mol.